The molecule has 0 fully saturated rings. The highest BCUT2D eigenvalue weighted by Crippen LogP contribution is 2.14. The average Bonchev–Trinajstić information content (AvgIpc) is 2.88. The van der Waals surface area contributed by atoms with E-state index in [1.54, 1.807) is 0 Å². The minimum Gasteiger partial charge on any atom is -0.370 e. The number of hydrogen-bond acceptors (Lipinski definition) is 3. The number of nitrogens with one attached hydrogen (secondary N) is 1. The van der Waals surface area contributed by atoms with Crippen LogP contribution in [0.15, 0.2) is 4.99 Å². The number of hydrogen-bond donors (Lipinski definition) is 2. The Morgan fingerprint density at radius 2 is 2.33 bits per heavy atom. The normalized spacial score (nSPS) is 16.0. The van der Waals surface area contributed by atoms with Crippen LogP contribution in [-0.2, 0) is 19.5 Å². The van der Waals surface area contributed by atoms with E-state index < -0.39 is 0 Å². The van der Waals surface area contributed by atoms with Crippen molar-refractivity contribution in [1.82, 2.24) is 20.1 Å². The van der Waals surface area contributed by atoms with Crippen molar-refractivity contribution in [3.8, 4) is 0 Å². The Balaban J connectivity index is 0.00000162. The number of nitrogens with two attached hydrogens (primary N) is 1. The summed E-state index contributed by atoms with van der Waals surface area (Å²) in [5, 5.41) is 11.4. The number of nitrogens with zero attached hydrogens (tertiary/aromatic N) is 4. The van der Waals surface area contributed by atoms with Crippen molar-refractivity contribution in [2.45, 2.75) is 52.2 Å². The van der Waals surface area contributed by atoms with Crippen molar-refractivity contribution in [1.29, 1.82) is 0 Å². The number of rotatable bonds is 4. The quantitative estimate of drug-likeness (QED) is 0.475. The van der Waals surface area contributed by atoms with Gasteiger partial charge in [-0.3, -0.25) is 0 Å². The van der Waals surface area contributed by atoms with E-state index >= 15 is 0 Å². The minimum atomic E-state index is 0. The molecule has 0 amide bonds. The molecule has 102 valence electrons. The third-order valence-corrected chi connectivity index (χ3v) is 3.08. The molecule has 6 nitrogen and oxygen atoms in total. The second-order valence-corrected chi connectivity index (χ2v) is 4.44. The van der Waals surface area contributed by atoms with Crippen molar-refractivity contribution in [2.75, 3.05) is 0 Å². The second-order valence-electron chi connectivity index (χ2n) is 4.44. The largest absolute Gasteiger partial charge is 0.370 e. The first kappa shape index (κ1) is 15.2. The molecule has 2 rings (SSSR count). The summed E-state index contributed by atoms with van der Waals surface area (Å²) in [6, 6.07) is 0.350. The van der Waals surface area contributed by atoms with Gasteiger partial charge in [-0.05, 0) is 19.8 Å². The Hall–Kier alpha value is -0.860. The van der Waals surface area contributed by atoms with E-state index in [-0.39, 0.29) is 24.0 Å². The summed E-state index contributed by atoms with van der Waals surface area (Å²) in [5.41, 5.74) is 5.79. The number of guanidine groups is 1. The van der Waals surface area contributed by atoms with Crippen LogP contribution in [-0.4, -0.2) is 26.8 Å². The van der Waals surface area contributed by atoms with Crippen LogP contribution in [0, 0.1) is 0 Å². The Labute approximate surface area is 124 Å². The van der Waals surface area contributed by atoms with E-state index in [9.17, 15) is 0 Å². The Morgan fingerprint density at radius 3 is 3.06 bits per heavy atom. The molecule has 3 N–H and O–H groups in total. The average molecular weight is 364 g/mol. The Bertz CT molecular complexity index is 414. The third kappa shape index (κ3) is 3.56. The van der Waals surface area contributed by atoms with Crippen LogP contribution in [0.5, 0.6) is 0 Å². The fourth-order valence-corrected chi connectivity index (χ4v) is 1.88. The predicted octanol–water partition coefficient (Wildman–Crippen LogP) is 1.05. The molecule has 0 aromatic carbocycles. The van der Waals surface area contributed by atoms with E-state index in [0.717, 1.165) is 37.5 Å². The summed E-state index contributed by atoms with van der Waals surface area (Å²) in [6.45, 7) is 5.70. The summed E-state index contributed by atoms with van der Waals surface area (Å²) in [7, 11) is 0. The molecule has 18 heavy (non-hydrogen) atoms. The van der Waals surface area contributed by atoms with Crippen molar-refractivity contribution < 1.29 is 0 Å². The first-order chi connectivity index (χ1) is 8.20. The van der Waals surface area contributed by atoms with Gasteiger partial charge in [0.05, 0.1) is 0 Å². The fourth-order valence-electron chi connectivity index (χ4n) is 1.88. The van der Waals surface area contributed by atoms with E-state index in [1.165, 1.54) is 0 Å². The molecular formula is C11H21IN6. The zero-order valence-electron chi connectivity index (χ0n) is 10.9. The Kier molecular flexibility index (Phi) is 5.83. The van der Waals surface area contributed by atoms with Gasteiger partial charge in [-0.2, -0.15) is 0 Å². The van der Waals surface area contributed by atoms with Crippen LogP contribution in [0.3, 0.4) is 0 Å². The summed E-state index contributed by atoms with van der Waals surface area (Å²) in [4.78, 5) is 4.29. The summed E-state index contributed by atoms with van der Waals surface area (Å²) in [5.74, 6) is 2.46. The lowest BCUT2D eigenvalue weighted by molar-refractivity contribution is 0.633. The lowest BCUT2D eigenvalue weighted by atomic mass is 10.3. The molecule has 1 aliphatic heterocycles. The van der Waals surface area contributed by atoms with E-state index in [4.69, 9.17) is 5.73 Å². The maximum Gasteiger partial charge on any atom is 0.189 e. The van der Waals surface area contributed by atoms with Gasteiger partial charge in [-0.1, -0.05) is 6.92 Å². The zero-order valence-corrected chi connectivity index (χ0v) is 13.2. The maximum atomic E-state index is 5.79. The topological polar surface area (TPSA) is 81.1 Å². The van der Waals surface area contributed by atoms with Crippen LogP contribution >= 0.6 is 24.0 Å². The lowest BCUT2D eigenvalue weighted by Gasteiger charge is -2.11. The summed E-state index contributed by atoms with van der Waals surface area (Å²) >= 11 is 0. The van der Waals surface area contributed by atoms with Gasteiger partial charge < -0.3 is 15.6 Å². The molecule has 1 aromatic heterocycles. The molecule has 1 aromatic rings. The van der Waals surface area contributed by atoms with Gasteiger partial charge in [-0.25, -0.2) is 4.99 Å². The van der Waals surface area contributed by atoms with Gasteiger partial charge in [0.15, 0.2) is 11.8 Å². The molecule has 0 saturated carbocycles. The van der Waals surface area contributed by atoms with Gasteiger partial charge >= 0.3 is 0 Å². The fraction of sp³-hybridized carbons (Fsp3) is 0.727. The second kappa shape index (κ2) is 6.91. The minimum absolute atomic E-state index is 0. The van der Waals surface area contributed by atoms with Gasteiger partial charge in [0, 0.05) is 19.0 Å². The van der Waals surface area contributed by atoms with Crippen LogP contribution in [0.2, 0.25) is 0 Å². The van der Waals surface area contributed by atoms with Crippen molar-refractivity contribution in [2.24, 2.45) is 10.7 Å². The highest BCUT2D eigenvalue weighted by atomic mass is 127. The number of halogens is 1. The number of aliphatic imine (C=N–C) groups is 1. The molecule has 7 heteroatoms. The maximum absolute atomic E-state index is 5.79. The first-order valence-corrected chi connectivity index (χ1v) is 6.18. The van der Waals surface area contributed by atoms with Crippen molar-refractivity contribution >= 4 is 29.9 Å². The SMILES string of the molecule is CCC(C)NC(N)=NCc1nnc2n1CCC2.I. The molecular weight excluding hydrogens is 343 g/mol. The third-order valence-electron chi connectivity index (χ3n) is 3.08. The first-order valence-electron chi connectivity index (χ1n) is 6.18. The monoisotopic (exact) mass is 364 g/mol. The van der Waals surface area contributed by atoms with Crippen molar-refractivity contribution in [3.05, 3.63) is 11.6 Å². The lowest BCUT2D eigenvalue weighted by Crippen LogP contribution is -2.38. The molecule has 0 bridgehead atoms. The van der Waals surface area contributed by atoms with E-state index in [1.807, 2.05) is 0 Å². The molecule has 1 unspecified atom stereocenters. The summed E-state index contributed by atoms with van der Waals surface area (Å²) in [6.07, 6.45) is 3.20. The summed E-state index contributed by atoms with van der Waals surface area (Å²) < 4.78 is 2.14. The van der Waals surface area contributed by atoms with Crippen LogP contribution in [0.25, 0.3) is 0 Å². The van der Waals surface area contributed by atoms with E-state index in [2.05, 4.69) is 38.9 Å². The number of fused-ring (bicyclic) bond motifs is 1. The van der Waals surface area contributed by atoms with Crippen LogP contribution in [0.4, 0.5) is 0 Å². The van der Waals surface area contributed by atoms with Gasteiger partial charge in [0.2, 0.25) is 0 Å². The van der Waals surface area contributed by atoms with Gasteiger partial charge in [-0.15, -0.1) is 34.2 Å². The number of aryl methyl sites for hydroxylation is 1. The zero-order chi connectivity index (χ0) is 12.3. The smallest absolute Gasteiger partial charge is 0.189 e. The van der Waals surface area contributed by atoms with Crippen LogP contribution < -0.4 is 11.1 Å². The molecule has 0 radical (unpaired) electrons. The Morgan fingerprint density at radius 1 is 1.56 bits per heavy atom. The van der Waals surface area contributed by atoms with Gasteiger partial charge in [0.25, 0.3) is 0 Å². The standard InChI is InChI=1S/C11H20N6.HI/c1-3-8(2)14-11(12)13-7-10-16-15-9-5-4-6-17(9)10;/h8H,3-7H2,1-2H3,(H3,12,13,14);1H. The molecule has 2 heterocycles. The molecule has 0 aliphatic carbocycles. The van der Waals surface area contributed by atoms with E-state index in [0.29, 0.717) is 18.5 Å². The molecule has 0 spiro atoms. The predicted molar refractivity (Wildman–Crippen MR) is 82.0 cm³/mol. The highest BCUT2D eigenvalue weighted by Gasteiger charge is 2.16. The molecule has 0 saturated heterocycles. The van der Waals surface area contributed by atoms with Crippen LogP contribution in [0.1, 0.15) is 38.3 Å². The van der Waals surface area contributed by atoms with Gasteiger partial charge in [0.1, 0.15) is 12.4 Å². The highest BCUT2D eigenvalue weighted by molar-refractivity contribution is 14.0. The number of aromatic nitrogens is 3. The molecule has 1 atom stereocenters. The van der Waals surface area contributed by atoms with Crippen molar-refractivity contribution in [3.63, 3.8) is 0 Å². The molecule has 1 aliphatic rings.